The van der Waals surface area contributed by atoms with Crippen LogP contribution in [-0.4, -0.2) is 46.1 Å². The van der Waals surface area contributed by atoms with Crippen LogP contribution in [0.2, 0.25) is 5.02 Å². The SMILES string of the molecule is O=C(Cn1c(-c2ccc(Cl)cc2)nn(Cc2ncn(-c3ncccc3C(F)(F)F)n2)c1=O)C(F)(F)F. The van der Waals surface area contributed by atoms with Crippen molar-refractivity contribution < 1.29 is 31.1 Å². The molecule has 0 N–H and O–H groups in total. The molecule has 0 aliphatic carbocycles. The van der Waals surface area contributed by atoms with Gasteiger partial charge in [-0.05, 0) is 36.4 Å². The zero-order chi connectivity index (χ0) is 26.3. The molecule has 4 rings (SSSR count). The maximum absolute atomic E-state index is 13.3. The highest BCUT2D eigenvalue weighted by molar-refractivity contribution is 6.30. The molecular formula is C20H12ClF6N7O2. The molecule has 0 amide bonds. The van der Waals surface area contributed by atoms with E-state index in [4.69, 9.17) is 11.6 Å². The number of rotatable bonds is 6. The Morgan fingerprint density at radius 3 is 2.31 bits per heavy atom. The van der Waals surface area contributed by atoms with Crippen LogP contribution >= 0.6 is 11.6 Å². The number of carbonyl (C=O) groups is 1. The van der Waals surface area contributed by atoms with Gasteiger partial charge in [-0.15, -0.1) is 10.2 Å². The summed E-state index contributed by atoms with van der Waals surface area (Å²) in [6, 6.07) is 7.48. The summed E-state index contributed by atoms with van der Waals surface area (Å²) in [5, 5.41) is 8.19. The van der Waals surface area contributed by atoms with Gasteiger partial charge < -0.3 is 0 Å². The van der Waals surface area contributed by atoms with Crippen molar-refractivity contribution in [3.05, 3.63) is 75.8 Å². The van der Waals surface area contributed by atoms with Gasteiger partial charge in [0.1, 0.15) is 18.4 Å². The molecule has 0 unspecified atom stereocenters. The van der Waals surface area contributed by atoms with E-state index in [9.17, 15) is 35.9 Å². The summed E-state index contributed by atoms with van der Waals surface area (Å²) in [4.78, 5) is 32.0. The van der Waals surface area contributed by atoms with E-state index < -0.39 is 48.3 Å². The molecule has 0 atom stereocenters. The third-order valence-corrected chi connectivity index (χ3v) is 5.03. The molecule has 36 heavy (non-hydrogen) atoms. The molecule has 4 aromatic rings. The molecule has 16 heteroatoms. The maximum atomic E-state index is 13.3. The Balaban J connectivity index is 1.72. The summed E-state index contributed by atoms with van der Waals surface area (Å²) >= 11 is 5.83. The van der Waals surface area contributed by atoms with Crippen molar-refractivity contribution in [2.45, 2.75) is 25.4 Å². The first kappa shape index (κ1) is 25.1. The first-order chi connectivity index (χ1) is 16.8. The van der Waals surface area contributed by atoms with Gasteiger partial charge in [0.05, 0.1) is 6.54 Å². The van der Waals surface area contributed by atoms with Crippen molar-refractivity contribution in [1.82, 2.24) is 34.1 Å². The van der Waals surface area contributed by atoms with Crippen molar-refractivity contribution >= 4 is 17.4 Å². The normalized spacial score (nSPS) is 12.2. The van der Waals surface area contributed by atoms with Gasteiger partial charge in [0, 0.05) is 16.8 Å². The molecule has 3 aromatic heterocycles. The highest BCUT2D eigenvalue weighted by atomic mass is 35.5. The lowest BCUT2D eigenvalue weighted by Gasteiger charge is -2.10. The Morgan fingerprint density at radius 1 is 0.972 bits per heavy atom. The second-order valence-corrected chi connectivity index (χ2v) is 7.69. The van der Waals surface area contributed by atoms with Crippen LogP contribution in [0.15, 0.2) is 53.7 Å². The molecule has 1 aromatic carbocycles. The van der Waals surface area contributed by atoms with Gasteiger partial charge in [-0.1, -0.05) is 11.6 Å². The number of aromatic nitrogens is 7. The summed E-state index contributed by atoms with van der Waals surface area (Å²) in [7, 11) is 0. The Kier molecular flexibility index (Phi) is 6.43. The van der Waals surface area contributed by atoms with E-state index in [1.165, 1.54) is 24.3 Å². The van der Waals surface area contributed by atoms with E-state index >= 15 is 0 Å². The Bertz CT molecular complexity index is 1470. The van der Waals surface area contributed by atoms with E-state index in [2.05, 4.69) is 20.2 Å². The van der Waals surface area contributed by atoms with Crippen molar-refractivity contribution in [1.29, 1.82) is 0 Å². The number of benzene rings is 1. The van der Waals surface area contributed by atoms with Gasteiger partial charge in [-0.2, -0.15) is 26.3 Å². The number of pyridine rings is 1. The fraction of sp³-hybridized carbons (Fsp3) is 0.200. The fourth-order valence-corrected chi connectivity index (χ4v) is 3.26. The minimum Gasteiger partial charge on any atom is -0.288 e. The van der Waals surface area contributed by atoms with Crippen LogP contribution in [0.3, 0.4) is 0 Å². The zero-order valence-corrected chi connectivity index (χ0v) is 18.4. The molecule has 0 saturated heterocycles. The van der Waals surface area contributed by atoms with Gasteiger partial charge in [0.25, 0.3) is 5.78 Å². The third kappa shape index (κ3) is 5.15. The third-order valence-electron chi connectivity index (χ3n) is 4.78. The molecule has 188 valence electrons. The highest BCUT2D eigenvalue weighted by Gasteiger charge is 2.39. The molecule has 9 nitrogen and oxygen atoms in total. The summed E-state index contributed by atoms with van der Waals surface area (Å²) in [5.74, 6) is -3.21. The lowest BCUT2D eigenvalue weighted by Crippen LogP contribution is -2.33. The monoisotopic (exact) mass is 531 g/mol. The minimum absolute atomic E-state index is 0.187. The Hall–Kier alpha value is -4.01. The number of hydrogen-bond donors (Lipinski definition) is 0. The number of halogens is 7. The fourth-order valence-electron chi connectivity index (χ4n) is 3.14. The zero-order valence-electron chi connectivity index (χ0n) is 17.6. The maximum Gasteiger partial charge on any atom is 0.451 e. The van der Waals surface area contributed by atoms with Gasteiger partial charge in [-0.3, -0.25) is 9.36 Å². The summed E-state index contributed by atoms with van der Waals surface area (Å²) in [6.07, 6.45) is -7.88. The number of nitrogens with zero attached hydrogens (tertiary/aromatic N) is 7. The van der Waals surface area contributed by atoms with Crippen molar-refractivity contribution in [2.24, 2.45) is 0 Å². The summed E-state index contributed by atoms with van der Waals surface area (Å²) in [6.45, 7) is -1.86. The van der Waals surface area contributed by atoms with Gasteiger partial charge in [-0.25, -0.2) is 24.1 Å². The van der Waals surface area contributed by atoms with Crippen LogP contribution < -0.4 is 5.69 Å². The quantitative estimate of drug-likeness (QED) is 0.353. The molecular weight excluding hydrogens is 520 g/mol. The summed E-state index contributed by atoms with van der Waals surface area (Å²) in [5.41, 5.74) is -1.99. The van der Waals surface area contributed by atoms with Gasteiger partial charge >= 0.3 is 18.0 Å². The topological polar surface area (TPSA) is 100 Å². The number of hydrogen-bond acceptors (Lipinski definition) is 6. The average Bonchev–Trinajstić information content (AvgIpc) is 3.39. The number of ketones is 1. The first-order valence-corrected chi connectivity index (χ1v) is 10.2. The second-order valence-electron chi connectivity index (χ2n) is 7.26. The predicted octanol–water partition coefficient (Wildman–Crippen LogP) is 3.54. The average molecular weight is 532 g/mol. The van der Waals surface area contributed by atoms with Gasteiger partial charge in [0.2, 0.25) is 0 Å². The number of Topliss-reactive ketones (excluding diaryl/α,β-unsaturated/α-hetero) is 1. The van der Waals surface area contributed by atoms with Crippen LogP contribution in [0.25, 0.3) is 17.2 Å². The molecule has 0 aliphatic rings. The van der Waals surface area contributed by atoms with E-state index in [0.29, 0.717) is 14.3 Å². The Labute approximate surface area is 201 Å². The van der Waals surface area contributed by atoms with Crippen LogP contribution in [0, 0.1) is 0 Å². The van der Waals surface area contributed by atoms with Crippen LogP contribution in [-0.2, 0) is 24.1 Å². The smallest absolute Gasteiger partial charge is 0.288 e. The second kappa shape index (κ2) is 9.22. The minimum atomic E-state index is -5.20. The van der Waals surface area contributed by atoms with Crippen LogP contribution in [0.5, 0.6) is 0 Å². The number of carbonyl (C=O) groups excluding carboxylic acids is 1. The van der Waals surface area contributed by atoms with E-state index in [-0.39, 0.29) is 17.2 Å². The molecule has 0 radical (unpaired) electrons. The first-order valence-electron chi connectivity index (χ1n) is 9.81. The molecule has 0 fully saturated rings. The number of alkyl halides is 6. The van der Waals surface area contributed by atoms with Crippen LogP contribution in [0.4, 0.5) is 26.3 Å². The molecule has 0 saturated carbocycles. The highest BCUT2D eigenvalue weighted by Crippen LogP contribution is 2.32. The lowest BCUT2D eigenvalue weighted by atomic mass is 10.2. The summed E-state index contributed by atoms with van der Waals surface area (Å²) < 4.78 is 80.4. The molecule has 0 bridgehead atoms. The van der Waals surface area contributed by atoms with E-state index in [1.54, 1.807) is 0 Å². The standard InChI is InChI=1S/C20H12ClF6N7O2/c21-12-5-3-11(4-6-12)16-31-33(18(36)32(16)8-14(35)20(25,26)27)9-15-29-10-34(30-15)17-13(19(22,23)24)2-1-7-28-17/h1-7,10H,8-9H2. The lowest BCUT2D eigenvalue weighted by molar-refractivity contribution is -0.171. The Morgan fingerprint density at radius 2 is 1.67 bits per heavy atom. The molecule has 0 spiro atoms. The van der Waals surface area contributed by atoms with Crippen molar-refractivity contribution in [3.63, 3.8) is 0 Å². The van der Waals surface area contributed by atoms with Crippen LogP contribution in [0.1, 0.15) is 11.4 Å². The molecule has 0 aliphatic heterocycles. The molecule has 3 heterocycles. The van der Waals surface area contributed by atoms with E-state index in [0.717, 1.165) is 29.3 Å². The van der Waals surface area contributed by atoms with E-state index in [1.807, 2.05) is 0 Å². The van der Waals surface area contributed by atoms with Crippen molar-refractivity contribution in [2.75, 3.05) is 0 Å². The van der Waals surface area contributed by atoms with Crippen molar-refractivity contribution in [3.8, 4) is 17.2 Å². The predicted molar refractivity (Wildman–Crippen MR) is 111 cm³/mol. The largest absolute Gasteiger partial charge is 0.451 e. The van der Waals surface area contributed by atoms with Gasteiger partial charge in [0.15, 0.2) is 17.5 Å².